The maximum absolute atomic E-state index is 11.4. The fourth-order valence-corrected chi connectivity index (χ4v) is 2.06. The van der Waals surface area contributed by atoms with E-state index in [1.54, 1.807) is 19.1 Å². The van der Waals surface area contributed by atoms with Crippen molar-refractivity contribution in [2.75, 3.05) is 31.8 Å². The second kappa shape index (κ2) is 7.20. The fraction of sp³-hybridized carbons (Fsp3) is 0.500. The van der Waals surface area contributed by atoms with Crippen LogP contribution in [0.4, 0.5) is 5.82 Å². The van der Waals surface area contributed by atoms with Gasteiger partial charge >= 0.3 is 5.97 Å². The third-order valence-electron chi connectivity index (χ3n) is 2.52. The van der Waals surface area contributed by atoms with E-state index in [0.29, 0.717) is 36.6 Å². The van der Waals surface area contributed by atoms with Gasteiger partial charge in [-0.2, -0.15) is 0 Å². The Balaban J connectivity index is 2.46. The Bertz CT molecular complexity index is 572. The molecular weight excluding hydrogens is 282 g/mol. The van der Waals surface area contributed by atoms with E-state index < -0.39 is 16.0 Å². The van der Waals surface area contributed by atoms with E-state index in [1.807, 2.05) is 0 Å². The third kappa shape index (κ3) is 5.54. The molecule has 2 N–H and O–H groups in total. The molecule has 1 aromatic rings. The SMILES string of the molecule is COC(=O)c1ccc(NCCCNS(C)(=O)=O)nc1C. The molecule has 0 radical (unpaired) electrons. The lowest BCUT2D eigenvalue weighted by atomic mass is 10.2. The lowest BCUT2D eigenvalue weighted by molar-refractivity contribution is 0.0599. The lowest BCUT2D eigenvalue weighted by Crippen LogP contribution is -2.24. The van der Waals surface area contributed by atoms with Crippen LogP contribution >= 0.6 is 0 Å². The Morgan fingerprint density at radius 2 is 2.05 bits per heavy atom. The average Bonchev–Trinajstić information content (AvgIpc) is 2.36. The first-order valence-electron chi connectivity index (χ1n) is 6.08. The van der Waals surface area contributed by atoms with Gasteiger partial charge in [0.2, 0.25) is 10.0 Å². The first kappa shape index (κ1) is 16.4. The van der Waals surface area contributed by atoms with Crippen molar-refractivity contribution in [1.29, 1.82) is 0 Å². The molecule has 0 bridgehead atoms. The summed E-state index contributed by atoms with van der Waals surface area (Å²) in [6.45, 7) is 2.67. The van der Waals surface area contributed by atoms with Gasteiger partial charge in [0.25, 0.3) is 0 Å². The summed E-state index contributed by atoms with van der Waals surface area (Å²) in [5.41, 5.74) is 1.01. The smallest absolute Gasteiger partial charge is 0.339 e. The number of nitrogens with zero attached hydrogens (tertiary/aromatic N) is 1. The van der Waals surface area contributed by atoms with Crippen LogP contribution in [0, 0.1) is 6.92 Å². The van der Waals surface area contributed by atoms with E-state index in [0.717, 1.165) is 6.26 Å². The highest BCUT2D eigenvalue weighted by Crippen LogP contribution is 2.11. The minimum absolute atomic E-state index is 0.366. The van der Waals surface area contributed by atoms with Crippen molar-refractivity contribution in [1.82, 2.24) is 9.71 Å². The highest BCUT2D eigenvalue weighted by molar-refractivity contribution is 7.88. The number of carbonyl (C=O) groups is 1. The van der Waals surface area contributed by atoms with Crippen molar-refractivity contribution in [3.63, 3.8) is 0 Å². The van der Waals surface area contributed by atoms with Gasteiger partial charge in [0, 0.05) is 13.1 Å². The summed E-state index contributed by atoms with van der Waals surface area (Å²) in [6, 6.07) is 3.33. The van der Waals surface area contributed by atoms with E-state index in [2.05, 4.69) is 19.8 Å². The predicted octanol–water partition coefficient (Wildman–Crippen LogP) is 0.528. The zero-order chi connectivity index (χ0) is 15.2. The molecule has 0 atom stereocenters. The zero-order valence-electron chi connectivity index (χ0n) is 11.8. The van der Waals surface area contributed by atoms with Crippen molar-refractivity contribution < 1.29 is 17.9 Å². The normalized spacial score (nSPS) is 11.2. The minimum atomic E-state index is -3.14. The van der Waals surface area contributed by atoms with E-state index in [1.165, 1.54) is 7.11 Å². The number of esters is 1. The van der Waals surface area contributed by atoms with Crippen LogP contribution in [0.1, 0.15) is 22.5 Å². The molecule has 0 aromatic carbocycles. The topological polar surface area (TPSA) is 97.4 Å². The molecule has 1 rings (SSSR count). The van der Waals surface area contributed by atoms with Gasteiger partial charge in [-0.1, -0.05) is 0 Å². The first-order chi connectivity index (χ1) is 9.33. The van der Waals surface area contributed by atoms with Gasteiger partial charge in [-0.05, 0) is 25.5 Å². The minimum Gasteiger partial charge on any atom is -0.465 e. The number of hydrogen-bond acceptors (Lipinski definition) is 6. The highest BCUT2D eigenvalue weighted by Gasteiger charge is 2.10. The van der Waals surface area contributed by atoms with Gasteiger partial charge in [0.05, 0.1) is 24.6 Å². The molecule has 0 aliphatic heterocycles. The Labute approximate surface area is 118 Å². The number of pyridine rings is 1. The number of sulfonamides is 1. The van der Waals surface area contributed by atoms with Crippen LogP contribution in [-0.2, 0) is 14.8 Å². The summed E-state index contributed by atoms with van der Waals surface area (Å²) < 4.78 is 28.7. The average molecular weight is 301 g/mol. The summed E-state index contributed by atoms with van der Waals surface area (Å²) in [5, 5.41) is 3.06. The molecular formula is C12H19N3O4S. The molecule has 20 heavy (non-hydrogen) atoms. The van der Waals surface area contributed by atoms with E-state index in [9.17, 15) is 13.2 Å². The fourth-order valence-electron chi connectivity index (χ4n) is 1.55. The number of anilines is 1. The molecule has 0 unspecified atom stereocenters. The van der Waals surface area contributed by atoms with Crippen LogP contribution in [0.5, 0.6) is 0 Å². The van der Waals surface area contributed by atoms with Crippen LogP contribution < -0.4 is 10.0 Å². The Hall–Kier alpha value is -1.67. The van der Waals surface area contributed by atoms with Crippen LogP contribution in [-0.4, -0.2) is 45.8 Å². The second-order valence-corrected chi connectivity index (χ2v) is 6.10. The van der Waals surface area contributed by atoms with Gasteiger partial charge in [0.1, 0.15) is 5.82 Å². The number of hydrogen-bond donors (Lipinski definition) is 2. The molecule has 0 amide bonds. The van der Waals surface area contributed by atoms with Crippen molar-refractivity contribution in [3.05, 3.63) is 23.4 Å². The Kier molecular flexibility index (Phi) is 5.90. The second-order valence-electron chi connectivity index (χ2n) is 4.27. The molecule has 112 valence electrons. The maximum Gasteiger partial charge on any atom is 0.339 e. The number of methoxy groups -OCH3 is 1. The Morgan fingerprint density at radius 3 is 2.60 bits per heavy atom. The molecule has 0 aliphatic rings. The van der Waals surface area contributed by atoms with Gasteiger partial charge in [0.15, 0.2) is 0 Å². The molecule has 1 heterocycles. The monoisotopic (exact) mass is 301 g/mol. The van der Waals surface area contributed by atoms with E-state index in [4.69, 9.17) is 0 Å². The number of aromatic nitrogens is 1. The van der Waals surface area contributed by atoms with E-state index >= 15 is 0 Å². The van der Waals surface area contributed by atoms with Crippen molar-refractivity contribution in [2.24, 2.45) is 0 Å². The number of aryl methyl sites for hydroxylation is 1. The molecule has 1 aromatic heterocycles. The number of nitrogens with one attached hydrogen (secondary N) is 2. The summed E-state index contributed by atoms with van der Waals surface area (Å²) in [4.78, 5) is 15.6. The molecule has 0 fully saturated rings. The summed E-state index contributed by atoms with van der Waals surface area (Å²) in [7, 11) is -1.82. The summed E-state index contributed by atoms with van der Waals surface area (Å²) >= 11 is 0. The highest BCUT2D eigenvalue weighted by atomic mass is 32.2. The van der Waals surface area contributed by atoms with Crippen LogP contribution in [0.3, 0.4) is 0 Å². The van der Waals surface area contributed by atoms with Crippen molar-refractivity contribution in [2.45, 2.75) is 13.3 Å². The predicted molar refractivity (Wildman–Crippen MR) is 76.3 cm³/mol. The number of rotatable bonds is 7. The third-order valence-corrected chi connectivity index (χ3v) is 3.24. The largest absolute Gasteiger partial charge is 0.465 e. The van der Waals surface area contributed by atoms with Gasteiger partial charge in [-0.15, -0.1) is 0 Å². The van der Waals surface area contributed by atoms with Crippen LogP contribution in [0.15, 0.2) is 12.1 Å². The maximum atomic E-state index is 11.4. The van der Waals surface area contributed by atoms with Crippen molar-refractivity contribution in [3.8, 4) is 0 Å². The van der Waals surface area contributed by atoms with Gasteiger partial charge < -0.3 is 10.1 Å². The van der Waals surface area contributed by atoms with Crippen LogP contribution in [0.25, 0.3) is 0 Å². The van der Waals surface area contributed by atoms with Crippen molar-refractivity contribution >= 4 is 21.8 Å². The molecule has 0 saturated heterocycles. The standard InChI is InChI=1S/C12H19N3O4S/c1-9-10(12(16)19-2)5-6-11(15-9)13-7-4-8-14-20(3,17)18/h5-6,14H,4,7-8H2,1-3H3,(H,13,15). The van der Waals surface area contributed by atoms with E-state index in [-0.39, 0.29) is 0 Å². The van der Waals surface area contributed by atoms with Gasteiger partial charge in [-0.3, -0.25) is 0 Å². The molecule has 0 saturated carbocycles. The Morgan fingerprint density at radius 1 is 1.35 bits per heavy atom. The molecule has 7 nitrogen and oxygen atoms in total. The lowest BCUT2D eigenvalue weighted by Gasteiger charge is -2.08. The van der Waals surface area contributed by atoms with Gasteiger partial charge in [-0.25, -0.2) is 22.9 Å². The first-order valence-corrected chi connectivity index (χ1v) is 7.97. The number of carbonyl (C=O) groups excluding carboxylic acids is 1. The summed E-state index contributed by atoms with van der Waals surface area (Å²) in [6.07, 6.45) is 1.75. The molecule has 0 spiro atoms. The zero-order valence-corrected chi connectivity index (χ0v) is 12.6. The number of ether oxygens (including phenoxy) is 1. The quantitative estimate of drug-likeness (QED) is 0.563. The summed E-state index contributed by atoms with van der Waals surface area (Å²) in [5.74, 6) is 0.216. The molecule has 8 heteroatoms. The van der Waals surface area contributed by atoms with Crippen LogP contribution in [0.2, 0.25) is 0 Å². The molecule has 0 aliphatic carbocycles.